The Morgan fingerprint density at radius 2 is 2.14 bits per heavy atom. The summed E-state index contributed by atoms with van der Waals surface area (Å²) < 4.78 is 5.26. The van der Waals surface area contributed by atoms with Crippen LogP contribution in [0.4, 0.5) is 0 Å². The predicted molar refractivity (Wildman–Crippen MR) is 64.5 cm³/mol. The fraction of sp³-hybridized carbons (Fsp3) is 0.273. The molecule has 0 atom stereocenters. The van der Waals surface area contributed by atoms with Crippen molar-refractivity contribution in [3.8, 4) is 5.75 Å². The standard InChI is InChI=1S/C11H13ClOS/c1-4-5-8-6-9(12)7-10(13-2)11(8)14-3/h4-7H,1-3H3/b5-4+. The van der Waals surface area contributed by atoms with Crippen LogP contribution >= 0.6 is 23.4 Å². The summed E-state index contributed by atoms with van der Waals surface area (Å²) in [6, 6.07) is 3.77. The SMILES string of the molecule is C/C=C/c1cc(Cl)cc(OC)c1SC. The molecular weight excluding hydrogens is 216 g/mol. The summed E-state index contributed by atoms with van der Waals surface area (Å²) >= 11 is 7.63. The van der Waals surface area contributed by atoms with Crippen LogP contribution in [0.5, 0.6) is 5.75 Å². The van der Waals surface area contributed by atoms with E-state index in [1.54, 1.807) is 18.9 Å². The molecule has 1 rings (SSSR count). The lowest BCUT2D eigenvalue weighted by Gasteiger charge is -2.10. The van der Waals surface area contributed by atoms with Gasteiger partial charge in [0.1, 0.15) is 5.75 Å². The third kappa shape index (κ3) is 2.46. The van der Waals surface area contributed by atoms with Crippen molar-refractivity contribution in [2.24, 2.45) is 0 Å². The third-order valence-corrected chi connectivity index (χ3v) is 2.88. The van der Waals surface area contributed by atoms with Crippen molar-refractivity contribution in [1.29, 1.82) is 0 Å². The van der Waals surface area contributed by atoms with Gasteiger partial charge in [-0.3, -0.25) is 0 Å². The topological polar surface area (TPSA) is 9.23 Å². The van der Waals surface area contributed by atoms with Gasteiger partial charge >= 0.3 is 0 Å². The number of thioether (sulfide) groups is 1. The zero-order valence-corrected chi connectivity index (χ0v) is 10.1. The highest BCUT2D eigenvalue weighted by Crippen LogP contribution is 2.34. The van der Waals surface area contributed by atoms with E-state index in [-0.39, 0.29) is 0 Å². The van der Waals surface area contributed by atoms with Crippen molar-refractivity contribution in [1.82, 2.24) is 0 Å². The van der Waals surface area contributed by atoms with E-state index in [1.807, 2.05) is 37.5 Å². The molecule has 0 amide bonds. The van der Waals surface area contributed by atoms with Gasteiger partial charge in [0, 0.05) is 5.02 Å². The highest BCUT2D eigenvalue weighted by Gasteiger charge is 2.07. The summed E-state index contributed by atoms with van der Waals surface area (Å²) in [5.74, 6) is 0.832. The van der Waals surface area contributed by atoms with E-state index in [2.05, 4.69) is 0 Å². The molecule has 0 N–H and O–H groups in total. The fourth-order valence-corrected chi connectivity index (χ4v) is 2.18. The number of halogens is 1. The van der Waals surface area contributed by atoms with E-state index in [0.717, 1.165) is 16.2 Å². The Kier molecular flexibility index (Phi) is 4.36. The molecule has 0 aliphatic rings. The van der Waals surface area contributed by atoms with Crippen molar-refractivity contribution in [3.63, 3.8) is 0 Å². The van der Waals surface area contributed by atoms with Gasteiger partial charge in [0.25, 0.3) is 0 Å². The zero-order valence-electron chi connectivity index (χ0n) is 8.50. The molecule has 0 aromatic heterocycles. The maximum absolute atomic E-state index is 5.97. The second-order valence-corrected chi connectivity index (χ2v) is 3.98. The minimum absolute atomic E-state index is 0.702. The van der Waals surface area contributed by atoms with Gasteiger partial charge in [-0.15, -0.1) is 11.8 Å². The molecule has 14 heavy (non-hydrogen) atoms. The molecule has 3 heteroatoms. The molecular formula is C11H13ClOS. The maximum Gasteiger partial charge on any atom is 0.134 e. The molecule has 0 aliphatic heterocycles. The summed E-state index contributed by atoms with van der Waals surface area (Å²) in [5.41, 5.74) is 1.10. The van der Waals surface area contributed by atoms with E-state index in [1.165, 1.54) is 0 Å². The molecule has 0 radical (unpaired) electrons. The summed E-state index contributed by atoms with van der Waals surface area (Å²) in [5, 5.41) is 0.702. The second-order valence-electron chi connectivity index (χ2n) is 2.73. The molecule has 0 unspecified atom stereocenters. The van der Waals surface area contributed by atoms with E-state index in [9.17, 15) is 0 Å². The van der Waals surface area contributed by atoms with Gasteiger partial charge in [-0.05, 0) is 30.9 Å². The Morgan fingerprint density at radius 1 is 1.43 bits per heavy atom. The van der Waals surface area contributed by atoms with Gasteiger partial charge < -0.3 is 4.74 Å². The molecule has 1 nitrogen and oxygen atoms in total. The average molecular weight is 229 g/mol. The molecule has 1 aromatic carbocycles. The summed E-state index contributed by atoms with van der Waals surface area (Å²) in [6.07, 6.45) is 6.05. The van der Waals surface area contributed by atoms with Gasteiger partial charge in [-0.2, -0.15) is 0 Å². The minimum atomic E-state index is 0.702. The van der Waals surface area contributed by atoms with Crippen molar-refractivity contribution in [3.05, 3.63) is 28.8 Å². The molecule has 0 bridgehead atoms. The molecule has 0 heterocycles. The highest BCUT2D eigenvalue weighted by molar-refractivity contribution is 7.98. The van der Waals surface area contributed by atoms with Gasteiger partial charge in [0.05, 0.1) is 12.0 Å². The largest absolute Gasteiger partial charge is 0.496 e. The zero-order chi connectivity index (χ0) is 10.6. The van der Waals surface area contributed by atoms with Crippen LogP contribution in [0.15, 0.2) is 23.1 Å². The van der Waals surface area contributed by atoms with Crippen molar-refractivity contribution in [2.75, 3.05) is 13.4 Å². The molecule has 0 spiro atoms. The van der Waals surface area contributed by atoms with Crippen molar-refractivity contribution < 1.29 is 4.74 Å². The van der Waals surface area contributed by atoms with Crippen LogP contribution < -0.4 is 4.74 Å². The molecule has 1 aromatic rings. The fourth-order valence-electron chi connectivity index (χ4n) is 1.26. The van der Waals surface area contributed by atoms with E-state index >= 15 is 0 Å². The van der Waals surface area contributed by atoms with E-state index in [0.29, 0.717) is 5.02 Å². The lowest BCUT2D eigenvalue weighted by Crippen LogP contribution is -1.89. The lowest BCUT2D eigenvalue weighted by molar-refractivity contribution is 0.404. The van der Waals surface area contributed by atoms with Gasteiger partial charge in [0.15, 0.2) is 0 Å². The lowest BCUT2D eigenvalue weighted by atomic mass is 10.2. The number of hydrogen-bond donors (Lipinski definition) is 0. The number of ether oxygens (including phenoxy) is 1. The van der Waals surface area contributed by atoms with Crippen LogP contribution in [-0.4, -0.2) is 13.4 Å². The Labute approximate surface area is 94.1 Å². The predicted octanol–water partition coefficient (Wildman–Crippen LogP) is 4.10. The van der Waals surface area contributed by atoms with Gasteiger partial charge in [0.2, 0.25) is 0 Å². The Bertz CT molecular complexity index is 347. The minimum Gasteiger partial charge on any atom is -0.496 e. The quantitative estimate of drug-likeness (QED) is 0.721. The molecule has 0 saturated carbocycles. The summed E-state index contributed by atoms with van der Waals surface area (Å²) in [6.45, 7) is 1.98. The Hall–Kier alpha value is -0.600. The number of benzene rings is 1. The smallest absolute Gasteiger partial charge is 0.134 e. The van der Waals surface area contributed by atoms with Crippen LogP contribution in [0.25, 0.3) is 6.08 Å². The van der Waals surface area contributed by atoms with Gasteiger partial charge in [-0.25, -0.2) is 0 Å². The number of allylic oxidation sites excluding steroid dienone is 1. The first-order chi connectivity index (χ1) is 6.72. The first kappa shape index (κ1) is 11.5. The number of methoxy groups -OCH3 is 1. The Balaban J connectivity index is 3.31. The van der Waals surface area contributed by atoms with Crippen LogP contribution in [-0.2, 0) is 0 Å². The van der Waals surface area contributed by atoms with Crippen LogP contribution in [0.2, 0.25) is 5.02 Å². The van der Waals surface area contributed by atoms with Crippen molar-refractivity contribution in [2.45, 2.75) is 11.8 Å². The number of rotatable bonds is 3. The van der Waals surface area contributed by atoms with Crippen LogP contribution in [0, 0.1) is 0 Å². The summed E-state index contributed by atoms with van der Waals surface area (Å²) in [7, 11) is 1.66. The van der Waals surface area contributed by atoms with Crippen LogP contribution in [0.1, 0.15) is 12.5 Å². The number of hydrogen-bond acceptors (Lipinski definition) is 2. The van der Waals surface area contributed by atoms with E-state index in [4.69, 9.17) is 16.3 Å². The van der Waals surface area contributed by atoms with Crippen molar-refractivity contribution >= 4 is 29.4 Å². The monoisotopic (exact) mass is 228 g/mol. The third-order valence-electron chi connectivity index (χ3n) is 1.82. The average Bonchev–Trinajstić information content (AvgIpc) is 2.17. The molecule has 76 valence electrons. The first-order valence-corrected chi connectivity index (χ1v) is 5.87. The summed E-state index contributed by atoms with van der Waals surface area (Å²) in [4.78, 5) is 1.12. The highest BCUT2D eigenvalue weighted by atomic mass is 35.5. The van der Waals surface area contributed by atoms with Crippen LogP contribution in [0.3, 0.4) is 0 Å². The second kappa shape index (κ2) is 5.32. The molecule has 0 aliphatic carbocycles. The normalized spacial score (nSPS) is 10.9. The maximum atomic E-state index is 5.97. The Morgan fingerprint density at radius 3 is 2.64 bits per heavy atom. The molecule has 0 fully saturated rings. The molecule has 0 saturated heterocycles. The van der Waals surface area contributed by atoms with E-state index < -0.39 is 0 Å². The van der Waals surface area contributed by atoms with Gasteiger partial charge in [-0.1, -0.05) is 23.8 Å². The first-order valence-electron chi connectivity index (χ1n) is 4.27.